The summed E-state index contributed by atoms with van der Waals surface area (Å²) < 4.78 is 94.9. The van der Waals surface area contributed by atoms with Gasteiger partial charge < -0.3 is 21.1 Å². The maximum absolute atomic E-state index is 14.9. The maximum atomic E-state index is 14.9. The minimum atomic E-state index is -5.08. The second-order valence-corrected chi connectivity index (χ2v) is 12.5. The molecule has 2 aliphatic heterocycles. The van der Waals surface area contributed by atoms with Gasteiger partial charge in [0.1, 0.15) is 18.0 Å². The van der Waals surface area contributed by atoms with Crippen molar-refractivity contribution in [3.8, 4) is 11.3 Å². The molecular weight excluding hydrogens is 663 g/mol. The number of carbonyl (C=O) groups excluding carboxylic acids is 2. The van der Waals surface area contributed by atoms with Gasteiger partial charge in [-0.25, -0.2) is 13.9 Å². The highest BCUT2D eigenvalue weighted by Gasteiger charge is 2.52. The van der Waals surface area contributed by atoms with E-state index in [0.717, 1.165) is 4.90 Å². The summed E-state index contributed by atoms with van der Waals surface area (Å²) in [6.45, 7) is 0.132. The van der Waals surface area contributed by atoms with Gasteiger partial charge in [0.2, 0.25) is 5.91 Å². The largest absolute Gasteiger partial charge is 0.417 e. The number of fused-ring (bicyclic) bond motifs is 1. The quantitative estimate of drug-likeness (QED) is 0.313. The molecule has 3 aromatic rings. The molecule has 2 aromatic heterocycles. The number of anilines is 1. The number of aromatic nitrogens is 3. The molecule has 1 unspecified atom stereocenters. The Morgan fingerprint density at radius 2 is 1.79 bits per heavy atom. The Balaban J connectivity index is 1.34. The predicted molar refractivity (Wildman–Crippen MR) is 156 cm³/mol. The third-order valence-electron chi connectivity index (χ3n) is 8.64. The van der Waals surface area contributed by atoms with Crippen molar-refractivity contribution in [1.82, 2.24) is 29.7 Å². The molecule has 1 aromatic carbocycles. The van der Waals surface area contributed by atoms with Crippen LogP contribution in [0.25, 0.3) is 16.8 Å². The van der Waals surface area contributed by atoms with Crippen LogP contribution in [-0.2, 0) is 11.3 Å². The molecule has 256 valence electrons. The highest BCUT2D eigenvalue weighted by molar-refractivity contribution is 6.34. The Morgan fingerprint density at radius 3 is 2.43 bits per heavy atom. The molecular formula is C29H31ClF7N7O3. The number of rotatable bonds is 7. The molecule has 2 saturated heterocycles. The zero-order chi connectivity index (χ0) is 34.5. The standard InChI is InChI=1S/C29H31ClF7N7O3/c1-27(47,29(35,36)37)10-23(45)43-12-20(31)21(13-43)41-26(46)18-8-15(2-3-19(18)30)22-9-16(24-25(38)39-14-40-44(22)24)11-42-6-4-17(5-7-42)28(32,33)34/h2-3,8-9,14,17,20-21,47H,4-7,10-13H2,1H3,(H,41,46)(H2,38,39,40)/t20-,21+,27?/m0/s1. The Labute approximate surface area is 268 Å². The molecule has 5 rings (SSSR count). The minimum absolute atomic E-state index is 0.00317. The van der Waals surface area contributed by atoms with Crippen LogP contribution in [0.1, 0.15) is 42.1 Å². The zero-order valence-electron chi connectivity index (χ0n) is 24.9. The minimum Gasteiger partial charge on any atom is -0.382 e. The third-order valence-corrected chi connectivity index (χ3v) is 8.97. The van der Waals surface area contributed by atoms with Crippen LogP contribution in [0.4, 0.5) is 36.6 Å². The average molecular weight is 694 g/mol. The van der Waals surface area contributed by atoms with Gasteiger partial charge in [-0.15, -0.1) is 0 Å². The van der Waals surface area contributed by atoms with Crippen molar-refractivity contribution in [1.29, 1.82) is 0 Å². The summed E-state index contributed by atoms with van der Waals surface area (Å²) in [6.07, 6.45) is -11.3. The van der Waals surface area contributed by atoms with Gasteiger partial charge >= 0.3 is 12.4 Å². The lowest BCUT2D eigenvalue weighted by atomic mass is 9.96. The van der Waals surface area contributed by atoms with Gasteiger partial charge in [-0.1, -0.05) is 17.7 Å². The molecule has 0 bridgehead atoms. The summed E-state index contributed by atoms with van der Waals surface area (Å²) in [4.78, 5) is 32.4. The molecule has 2 aliphatic rings. The van der Waals surface area contributed by atoms with Gasteiger partial charge in [0.15, 0.2) is 11.4 Å². The first-order chi connectivity index (χ1) is 21.9. The first-order valence-electron chi connectivity index (χ1n) is 14.6. The first kappa shape index (κ1) is 34.6. The molecule has 3 atom stereocenters. The zero-order valence-corrected chi connectivity index (χ0v) is 25.6. The molecule has 2 fully saturated rings. The summed E-state index contributed by atoms with van der Waals surface area (Å²) in [6, 6.07) is 4.90. The second-order valence-electron chi connectivity index (χ2n) is 12.1. The van der Waals surface area contributed by atoms with Crippen molar-refractivity contribution in [2.24, 2.45) is 5.92 Å². The molecule has 4 N–H and O–H groups in total. The topological polar surface area (TPSA) is 129 Å². The number of likely N-dealkylation sites (tertiary alicyclic amines) is 2. The molecule has 2 amide bonds. The molecule has 0 radical (unpaired) electrons. The number of halogens is 8. The SMILES string of the molecule is CC(O)(CC(=O)N1C[C@H](F)[C@H](NC(=O)c2cc(-c3cc(CN4CCC(C(F)(F)F)CC4)c4c(N)ncnn34)ccc2Cl)C1)C(F)(F)F. The lowest BCUT2D eigenvalue weighted by molar-refractivity contribution is -0.254. The summed E-state index contributed by atoms with van der Waals surface area (Å²) in [5, 5.41) is 16.4. The lowest BCUT2D eigenvalue weighted by Gasteiger charge is -2.32. The first-order valence-corrected chi connectivity index (χ1v) is 15.0. The Bertz CT molecular complexity index is 1660. The van der Waals surface area contributed by atoms with Crippen LogP contribution in [0.3, 0.4) is 0 Å². The molecule has 4 heterocycles. The molecule has 0 aliphatic carbocycles. The number of nitrogen functional groups attached to an aromatic ring is 1. The number of aliphatic hydroxyl groups is 1. The Hall–Kier alpha value is -3.70. The number of carbonyl (C=O) groups is 2. The average Bonchev–Trinajstić information content (AvgIpc) is 3.53. The molecule has 47 heavy (non-hydrogen) atoms. The van der Waals surface area contributed by atoms with Gasteiger partial charge in [-0.3, -0.25) is 14.5 Å². The van der Waals surface area contributed by atoms with E-state index in [4.69, 9.17) is 17.3 Å². The summed E-state index contributed by atoms with van der Waals surface area (Å²) in [7, 11) is 0. The van der Waals surface area contributed by atoms with Crippen LogP contribution in [0.5, 0.6) is 0 Å². The van der Waals surface area contributed by atoms with Crippen LogP contribution < -0.4 is 11.1 Å². The fourth-order valence-electron chi connectivity index (χ4n) is 5.85. The van der Waals surface area contributed by atoms with E-state index in [9.17, 15) is 45.4 Å². The lowest BCUT2D eigenvalue weighted by Crippen LogP contribution is -2.47. The number of nitrogens with zero attached hydrogens (tertiary/aromatic N) is 5. The van der Waals surface area contributed by atoms with Crippen molar-refractivity contribution < 1.29 is 45.4 Å². The molecule has 18 heteroatoms. The van der Waals surface area contributed by atoms with Gasteiger partial charge in [-0.2, -0.15) is 31.4 Å². The number of benzene rings is 1. The Morgan fingerprint density at radius 1 is 1.11 bits per heavy atom. The molecule has 0 saturated carbocycles. The molecule has 10 nitrogen and oxygen atoms in total. The van der Waals surface area contributed by atoms with Crippen molar-refractivity contribution in [3.05, 3.63) is 46.7 Å². The van der Waals surface area contributed by atoms with E-state index in [1.807, 2.05) is 4.90 Å². The van der Waals surface area contributed by atoms with Crippen LogP contribution in [0.2, 0.25) is 5.02 Å². The number of nitrogens with two attached hydrogens (primary N) is 1. The van der Waals surface area contributed by atoms with Gasteiger partial charge in [0.05, 0.1) is 41.2 Å². The van der Waals surface area contributed by atoms with Crippen molar-refractivity contribution >= 4 is 34.7 Å². The van der Waals surface area contributed by atoms with E-state index in [2.05, 4.69) is 15.4 Å². The van der Waals surface area contributed by atoms with Crippen LogP contribution in [-0.4, -0.2) is 97.7 Å². The number of nitrogens with one attached hydrogen (secondary N) is 1. The van der Waals surface area contributed by atoms with Crippen LogP contribution >= 0.6 is 11.6 Å². The van der Waals surface area contributed by atoms with E-state index in [0.29, 0.717) is 29.3 Å². The number of piperidine rings is 1. The van der Waals surface area contributed by atoms with E-state index < -0.39 is 67.4 Å². The number of amides is 2. The van der Waals surface area contributed by atoms with E-state index in [1.54, 1.807) is 12.1 Å². The normalized spacial score (nSPS) is 21.3. The molecule has 0 spiro atoms. The van der Waals surface area contributed by atoms with Gasteiger partial charge in [-0.05, 0) is 56.6 Å². The number of alkyl halides is 7. The maximum Gasteiger partial charge on any atom is 0.417 e. The van der Waals surface area contributed by atoms with Crippen molar-refractivity contribution in [3.63, 3.8) is 0 Å². The fraction of sp³-hybridized carbons (Fsp3) is 0.517. The second kappa shape index (κ2) is 12.7. The van der Waals surface area contributed by atoms with Crippen LogP contribution in [0, 0.1) is 5.92 Å². The number of hydrogen-bond donors (Lipinski definition) is 3. The van der Waals surface area contributed by atoms with Crippen molar-refractivity contribution in [2.75, 3.05) is 31.9 Å². The van der Waals surface area contributed by atoms with E-state index in [-0.39, 0.29) is 48.9 Å². The van der Waals surface area contributed by atoms with Crippen molar-refractivity contribution in [2.45, 2.75) is 62.9 Å². The summed E-state index contributed by atoms with van der Waals surface area (Å²) in [5.74, 6) is -3.18. The van der Waals surface area contributed by atoms with Crippen LogP contribution in [0.15, 0.2) is 30.6 Å². The van der Waals surface area contributed by atoms with E-state index in [1.165, 1.54) is 23.0 Å². The van der Waals surface area contributed by atoms with E-state index >= 15 is 0 Å². The summed E-state index contributed by atoms with van der Waals surface area (Å²) in [5.41, 5.74) is 4.75. The smallest absolute Gasteiger partial charge is 0.382 e. The number of hydrogen-bond acceptors (Lipinski definition) is 7. The fourth-order valence-corrected chi connectivity index (χ4v) is 6.05. The third kappa shape index (κ3) is 7.26. The van der Waals surface area contributed by atoms with Gasteiger partial charge in [0.25, 0.3) is 5.91 Å². The predicted octanol–water partition coefficient (Wildman–Crippen LogP) is 4.39. The highest BCUT2D eigenvalue weighted by Crippen LogP contribution is 2.37. The Kier molecular flexibility index (Phi) is 9.38. The monoisotopic (exact) mass is 693 g/mol. The summed E-state index contributed by atoms with van der Waals surface area (Å²) >= 11 is 6.32. The highest BCUT2D eigenvalue weighted by atomic mass is 35.5. The van der Waals surface area contributed by atoms with Gasteiger partial charge in [0, 0.05) is 18.7 Å².